The molecule has 0 unspecified atom stereocenters. The second kappa shape index (κ2) is 6.12. The van der Waals surface area contributed by atoms with Crippen molar-refractivity contribution in [3.63, 3.8) is 0 Å². The number of aromatic nitrogens is 1. The number of benzene rings is 1. The van der Waals surface area contributed by atoms with E-state index in [1.807, 2.05) is 31.3 Å². The largest absolute Gasteiger partial charge is 0.361 e. The number of terminal acetylenes is 1. The number of H-pyrrole nitrogens is 1. The summed E-state index contributed by atoms with van der Waals surface area (Å²) in [5, 5.41) is 1.15. The molecule has 0 spiro atoms. The van der Waals surface area contributed by atoms with Crippen LogP contribution in [0, 0.1) is 19.3 Å². The van der Waals surface area contributed by atoms with Crippen molar-refractivity contribution in [1.29, 1.82) is 0 Å². The van der Waals surface area contributed by atoms with Crippen LogP contribution in [0.4, 0.5) is 0 Å². The molecule has 2 rings (SSSR count). The van der Waals surface area contributed by atoms with Gasteiger partial charge in [0.25, 0.3) is 0 Å². The highest BCUT2D eigenvalue weighted by atomic mass is 32.2. The molecule has 1 aromatic carbocycles. The fraction of sp³-hybridized carbons (Fsp3) is 0.333. The number of hydrogen-bond acceptors (Lipinski definition) is 2. The van der Waals surface area contributed by atoms with Crippen LogP contribution in [-0.4, -0.2) is 25.7 Å². The molecular weight excluding hydrogens is 272 g/mol. The van der Waals surface area contributed by atoms with Crippen LogP contribution in [-0.2, 0) is 16.4 Å². The monoisotopic (exact) mass is 290 g/mol. The van der Waals surface area contributed by atoms with Gasteiger partial charge in [0, 0.05) is 30.1 Å². The van der Waals surface area contributed by atoms with Gasteiger partial charge in [-0.15, -0.1) is 12.3 Å². The molecular formula is C15H18N2O2S. The molecule has 0 bridgehead atoms. The van der Waals surface area contributed by atoms with Gasteiger partial charge in [0.05, 0.1) is 5.75 Å². The van der Waals surface area contributed by atoms with Crippen LogP contribution in [0.5, 0.6) is 0 Å². The van der Waals surface area contributed by atoms with Crippen molar-refractivity contribution in [3.8, 4) is 12.3 Å². The Morgan fingerprint density at radius 2 is 2.20 bits per heavy atom. The Morgan fingerprint density at radius 1 is 1.40 bits per heavy atom. The number of aromatic amines is 1. The summed E-state index contributed by atoms with van der Waals surface area (Å²) in [6, 6.07) is 6.10. The van der Waals surface area contributed by atoms with E-state index in [1.165, 1.54) is 5.56 Å². The van der Waals surface area contributed by atoms with Crippen molar-refractivity contribution in [2.75, 3.05) is 12.3 Å². The molecule has 20 heavy (non-hydrogen) atoms. The lowest BCUT2D eigenvalue weighted by Gasteiger charge is -2.04. The first-order valence-corrected chi connectivity index (χ1v) is 8.15. The third-order valence-electron chi connectivity index (χ3n) is 3.24. The molecule has 5 heteroatoms. The molecule has 0 saturated heterocycles. The molecule has 2 N–H and O–H groups in total. The Morgan fingerprint density at radius 3 is 2.95 bits per heavy atom. The minimum atomic E-state index is -3.26. The zero-order valence-electron chi connectivity index (χ0n) is 11.4. The Bertz CT molecular complexity index is 739. The molecule has 1 heterocycles. The Balaban J connectivity index is 2.01. The smallest absolute Gasteiger partial charge is 0.212 e. The summed E-state index contributed by atoms with van der Waals surface area (Å²) in [6.07, 6.45) is 7.90. The molecule has 0 aliphatic rings. The second-order valence-corrected chi connectivity index (χ2v) is 6.66. The first-order chi connectivity index (χ1) is 9.53. The molecule has 0 saturated carbocycles. The Hall–Kier alpha value is -1.77. The van der Waals surface area contributed by atoms with Crippen LogP contribution in [0.1, 0.15) is 17.5 Å². The van der Waals surface area contributed by atoms with E-state index >= 15 is 0 Å². The van der Waals surface area contributed by atoms with E-state index in [-0.39, 0.29) is 12.2 Å². The molecule has 4 nitrogen and oxygen atoms in total. The number of aryl methyl sites for hydroxylation is 1. The van der Waals surface area contributed by atoms with Gasteiger partial charge in [-0.05, 0) is 24.5 Å². The summed E-state index contributed by atoms with van der Waals surface area (Å²) in [5.41, 5.74) is 3.41. The molecule has 0 radical (unpaired) electrons. The van der Waals surface area contributed by atoms with Gasteiger partial charge >= 0.3 is 0 Å². The van der Waals surface area contributed by atoms with E-state index in [4.69, 9.17) is 6.42 Å². The molecule has 0 amide bonds. The van der Waals surface area contributed by atoms with Crippen molar-refractivity contribution in [1.82, 2.24) is 9.71 Å². The average Bonchev–Trinajstić information content (AvgIpc) is 2.81. The van der Waals surface area contributed by atoms with Crippen LogP contribution in [0.3, 0.4) is 0 Å². The van der Waals surface area contributed by atoms with Gasteiger partial charge in [-0.1, -0.05) is 18.2 Å². The lowest BCUT2D eigenvalue weighted by Crippen LogP contribution is -2.28. The molecule has 0 aliphatic heterocycles. The summed E-state index contributed by atoms with van der Waals surface area (Å²) in [5.74, 6) is 2.32. The second-order valence-electron chi connectivity index (χ2n) is 4.73. The van der Waals surface area contributed by atoms with E-state index in [1.54, 1.807) is 0 Å². The summed E-state index contributed by atoms with van der Waals surface area (Å²) >= 11 is 0. The van der Waals surface area contributed by atoms with Crippen molar-refractivity contribution in [2.24, 2.45) is 0 Å². The van der Waals surface area contributed by atoms with E-state index < -0.39 is 10.0 Å². The summed E-state index contributed by atoms with van der Waals surface area (Å²) in [6.45, 7) is 2.43. The van der Waals surface area contributed by atoms with Gasteiger partial charge < -0.3 is 4.98 Å². The molecule has 1 aromatic heterocycles. The molecule has 2 aromatic rings. The summed E-state index contributed by atoms with van der Waals surface area (Å²) < 4.78 is 25.8. The van der Waals surface area contributed by atoms with Gasteiger partial charge in [0.15, 0.2) is 0 Å². The minimum absolute atomic E-state index is 0.0174. The van der Waals surface area contributed by atoms with Gasteiger partial charge in [0.2, 0.25) is 10.0 Å². The normalized spacial score (nSPS) is 11.6. The van der Waals surface area contributed by atoms with E-state index in [2.05, 4.69) is 15.6 Å². The van der Waals surface area contributed by atoms with Gasteiger partial charge in [-0.2, -0.15) is 0 Å². The van der Waals surface area contributed by atoms with Crippen molar-refractivity contribution in [2.45, 2.75) is 19.8 Å². The van der Waals surface area contributed by atoms with Gasteiger partial charge in [0.1, 0.15) is 0 Å². The summed E-state index contributed by atoms with van der Waals surface area (Å²) in [4.78, 5) is 3.23. The van der Waals surface area contributed by atoms with Gasteiger partial charge in [-0.25, -0.2) is 13.1 Å². The van der Waals surface area contributed by atoms with E-state index in [0.717, 1.165) is 16.5 Å². The van der Waals surface area contributed by atoms with Crippen LogP contribution in [0.15, 0.2) is 24.4 Å². The zero-order valence-corrected chi connectivity index (χ0v) is 12.3. The maximum absolute atomic E-state index is 11.6. The minimum Gasteiger partial charge on any atom is -0.361 e. The predicted molar refractivity (Wildman–Crippen MR) is 82.0 cm³/mol. The first-order valence-electron chi connectivity index (χ1n) is 6.50. The fourth-order valence-corrected chi connectivity index (χ4v) is 3.12. The number of hydrogen-bond donors (Lipinski definition) is 2. The average molecular weight is 290 g/mol. The third kappa shape index (κ3) is 3.41. The van der Waals surface area contributed by atoms with Crippen LogP contribution in [0.2, 0.25) is 0 Å². The van der Waals surface area contributed by atoms with Gasteiger partial charge in [-0.3, -0.25) is 0 Å². The number of nitrogens with one attached hydrogen (secondary N) is 2. The van der Waals surface area contributed by atoms with Crippen LogP contribution >= 0.6 is 0 Å². The van der Waals surface area contributed by atoms with Crippen molar-refractivity contribution < 1.29 is 8.42 Å². The third-order valence-corrected chi connectivity index (χ3v) is 4.63. The summed E-state index contributed by atoms with van der Waals surface area (Å²) in [7, 11) is -3.26. The number of para-hydroxylation sites is 1. The van der Waals surface area contributed by atoms with Crippen LogP contribution in [0.25, 0.3) is 10.9 Å². The fourth-order valence-electron chi connectivity index (χ4n) is 2.18. The van der Waals surface area contributed by atoms with Crippen molar-refractivity contribution >= 4 is 20.9 Å². The topological polar surface area (TPSA) is 62.0 Å². The SMILES string of the molecule is C#CCCS(=O)(=O)NCCc1c[nH]c2c(C)cccc12. The standard InChI is InChI=1S/C15H18N2O2S/c1-3-4-10-20(18,19)17-9-8-13-11-16-15-12(2)6-5-7-14(13)15/h1,5-7,11,16-17H,4,8-10H2,2H3. The highest BCUT2D eigenvalue weighted by Crippen LogP contribution is 2.21. The van der Waals surface area contributed by atoms with E-state index in [0.29, 0.717) is 13.0 Å². The maximum atomic E-state index is 11.6. The molecule has 106 valence electrons. The highest BCUT2D eigenvalue weighted by molar-refractivity contribution is 7.89. The van der Waals surface area contributed by atoms with Crippen molar-refractivity contribution in [3.05, 3.63) is 35.5 Å². The maximum Gasteiger partial charge on any atom is 0.212 e. The predicted octanol–water partition coefficient (Wildman–Crippen LogP) is 1.96. The first kappa shape index (κ1) is 14.6. The number of fused-ring (bicyclic) bond motifs is 1. The lowest BCUT2D eigenvalue weighted by atomic mass is 10.1. The zero-order chi connectivity index (χ0) is 14.6. The molecule has 0 aliphatic carbocycles. The molecule has 0 fully saturated rings. The Labute approximate surface area is 119 Å². The van der Waals surface area contributed by atoms with E-state index in [9.17, 15) is 8.42 Å². The highest BCUT2D eigenvalue weighted by Gasteiger charge is 2.10. The quantitative estimate of drug-likeness (QED) is 0.799. The molecule has 0 atom stereocenters. The number of rotatable bonds is 6. The lowest BCUT2D eigenvalue weighted by molar-refractivity contribution is 0.581. The number of sulfonamides is 1. The van der Waals surface area contributed by atoms with Crippen LogP contribution < -0.4 is 4.72 Å². The Kier molecular flexibility index (Phi) is 4.48.